The second-order valence-corrected chi connectivity index (χ2v) is 4.07. The van der Waals surface area contributed by atoms with Gasteiger partial charge < -0.3 is 5.32 Å². The molecular formula is C11H11BrClNO. The van der Waals surface area contributed by atoms with Crippen LogP contribution in [0.25, 0.3) is 0 Å². The van der Waals surface area contributed by atoms with Crippen LogP contribution in [0.2, 0.25) is 0 Å². The smallest absolute Gasteiger partial charge is 0.251 e. The van der Waals surface area contributed by atoms with Crippen molar-refractivity contribution in [3.05, 3.63) is 46.5 Å². The summed E-state index contributed by atoms with van der Waals surface area (Å²) in [7, 11) is 0. The van der Waals surface area contributed by atoms with Gasteiger partial charge in [-0.25, -0.2) is 0 Å². The summed E-state index contributed by atoms with van der Waals surface area (Å²) >= 11 is 8.76. The lowest BCUT2D eigenvalue weighted by Gasteiger charge is -2.01. The van der Waals surface area contributed by atoms with Gasteiger partial charge in [0.1, 0.15) is 0 Å². The van der Waals surface area contributed by atoms with Crippen molar-refractivity contribution in [2.75, 3.05) is 12.4 Å². The van der Waals surface area contributed by atoms with E-state index in [1.165, 1.54) is 0 Å². The van der Waals surface area contributed by atoms with Gasteiger partial charge in [-0.3, -0.25) is 4.79 Å². The summed E-state index contributed by atoms with van der Waals surface area (Å²) in [4.78, 5) is 11.5. The van der Waals surface area contributed by atoms with Crippen molar-refractivity contribution in [1.29, 1.82) is 0 Å². The van der Waals surface area contributed by atoms with E-state index >= 15 is 0 Å². The number of hydrogen-bond acceptors (Lipinski definition) is 1. The summed E-state index contributed by atoms with van der Waals surface area (Å²) in [6, 6.07) is 7.21. The Kier molecular flexibility index (Phi) is 5.43. The summed E-state index contributed by atoms with van der Waals surface area (Å²) in [6.07, 6.45) is 3.62. The minimum Gasteiger partial charge on any atom is -0.349 e. The first-order valence-electron chi connectivity index (χ1n) is 4.49. The van der Waals surface area contributed by atoms with E-state index in [-0.39, 0.29) is 5.91 Å². The van der Waals surface area contributed by atoms with Crippen molar-refractivity contribution in [3.8, 4) is 0 Å². The molecule has 0 spiro atoms. The number of rotatable bonds is 4. The van der Waals surface area contributed by atoms with Crippen LogP contribution in [-0.4, -0.2) is 18.3 Å². The summed E-state index contributed by atoms with van der Waals surface area (Å²) in [6.45, 7) is 0.502. The normalized spacial score (nSPS) is 10.5. The molecule has 80 valence electrons. The van der Waals surface area contributed by atoms with Gasteiger partial charge in [0.15, 0.2) is 0 Å². The van der Waals surface area contributed by atoms with E-state index in [1.54, 1.807) is 18.2 Å². The molecule has 2 nitrogen and oxygen atoms in total. The van der Waals surface area contributed by atoms with E-state index < -0.39 is 0 Å². The van der Waals surface area contributed by atoms with Crippen LogP contribution in [0.5, 0.6) is 0 Å². The highest BCUT2D eigenvalue weighted by molar-refractivity contribution is 9.10. The first kappa shape index (κ1) is 12.3. The monoisotopic (exact) mass is 287 g/mol. The number of carbonyl (C=O) groups is 1. The number of amides is 1. The molecule has 1 aromatic carbocycles. The van der Waals surface area contributed by atoms with E-state index in [1.807, 2.05) is 18.2 Å². The Morgan fingerprint density at radius 1 is 1.33 bits per heavy atom. The number of alkyl halides is 1. The fourth-order valence-electron chi connectivity index (χ4n) is 1.00. The summed E-state index contributed by atoms with van der Waals surface area (Å²) in [5, 5.41) is 2.75. The predicted octanol–water partition coefficient (Wildman–Crippen LogP) is 2.97. The Balaban J connectivity index is 2.47. The maximum Gasteiger partial charge on any atom is 0.251 e. The summed E-state index contributed by atoms with van der Waals surface area (Å²) in [5.41, 5.74) is 0.650. The Labute approximate surface area is 102 Å². The Bertz CT molecular complexity index is 348. The van der Waals surface area contributed by atoms with Gasteiger partial charge in [0, 0.05) is 22.5 Å². The van der Waals surface area contributed by atoms with E-state index in [4.69, 9.17) is 11.6 Å². The molecule has 0 aromatic heterocycles. The fraction of sp³-hybridized carbons (Fsp3) is 0.182. The number of allylic oxidation sites excluding steroid dienone is 1. The SMILES string of the molecule is O=C(NC/C=C/CCl)c1ccc(Br)cc1. The zero-order valence-corrected chi connectivity index (χ0v) is 10.4. The van der Waals surface area contributed by atoms with Crippen LogP contribution in [-0.2, 0) is 0 Å². The highest BCUT2D eigenvalue weighted by Crippen LogP contribution is 2.10. The first-order valence-corrected chi connectivity index (χ1v) is 5.81. The lowest BCUT2D eigenvalue weighted by Crippen LogP contribution is -2.23. The van der Waals surface area contributed by atoms with Crippen molar-refractivity contribution in [1.82, 2.24) is 5.32 Å². The lowest BCUT2D eigenvalue weighted by atomic mass is 10.2. The molecule has 1 aromatic rings. The largest absolute Gasteiger partial charge is 0.349 e. The lowest BCUT2D eigenvalue weighted by molar-refractivity contribution is 0.0958. The molecule has 15 heavy (non-hydrogen) atoms. The molecule has 0 unspecified atom stereocenters. The molecule has 1 amide bonds. The van der Waals surface area contributed by atoms with Crippen molar-refractivity contribution in [2.24, 2.45) is 0 Å². The Hall–Kier alpha value is -0.800. The van der Waals surface area contributed by atoms with Gasteiger partial charge >= 0.3 is 0 Å². The molecule has 0 bridgehead atoms. The summed E-state index contributed by atoms with van der Waals surface area (Å²) in [5.74, 6) is 0.385. The third-order valence-electron chi connectivity index (χ3n) is 1.74. The van der Waals surface area contributed by atoms with Gasteiger partial charge in [0.05, 0.1) is 0 Å². The van der Waals surface area contributed by atoms with E-state index in [2.05, 4.69) is 21.2 Å². The molecule has 0 radical (unpaired) electrons. The van der Waals surface area contributed by atoms with Gasteiger partial charge in [-0.15, -0.1) is 11.6 Å². The molecule has 0 saturated heterocycles. The topological polar surface area (TPSA) is 29.1 Å². The van der Waals surface area contributed by atoms with Crippen molar-refractivity contribution < 1.29 is 4.79 Å². The Morgan fingerprint density at radius 3 is 2.60 bits per heavy atom. The molecule has 1 rings (SSSR count). The molecule has 1 N–H and O–H groups in total. The van der Waals surface area contributed by atoms with Crippen LogP contribution < -0.4 is 5.32 Å². The van der Waals surface area contributed by atoms with Crippen molar-refractivity contribution in [3.63, 3.8) is 0 Å². The van der Waals surface area contributed by atoms with Gasteiger partial charge in [0.2, 0.25) is 0 Å². The number of benzene rings is 1. The maximum atomic E-state index is 11.5. The van der Waals surface area contributed by atoms with Gasteiger partial charge in [-0.1, -0.05) is 28.1 Å². The fourth-order valence-corrected chi connectivity index (χ4v) is 1.39. The number of carbonyl (C=O) groups excluding carboxylic acids is 1. The van der Waals surface area contributed by atoms with Crippen molar-refractivity contribution in [2.45, 2.75) is 0 Å². The number of nitrogens with one attached hydrogen (secondary N) is 1. The van der Waals surface area contributed by atoms with Crippen LogP contribution >= 0.6 is 27.5 Å². The molecule has 0 fully saturated rings. The molecule has 0 heterocycles. The molecule has 0 saturated carbocycles. The Morgan fingerprint density at radius 2 is 2.00 bits per heavy atom. The van der Waals surface area contributed by atoms with Gasteiger partial charge in [-0.05, 0) is 24.3 Å². The van der Waals surface area contributed by atoms with E-state index in [9.17, 15) is 4.79 Å². The number of halogens is 2. The third kappa shape index (κ3) is 4.49. The highest BCUT2D eigenvalue weighted by Gasteiger charge is 2.02. The molecule has 0 aliphatic carbocycles. The zero-order chi connectivity index (χ0) is 11.1. The standard InChI is InChI=1S/C11H11BrClNO/c12-10-5-3-9(4-6-10)11(15)14-8-2-1-7-13/h1-6H,7-8H2,(H,14,15)/b2-1+. The highest BCUT2D eigenvalue weighted by atomic mass is 79.9. The molecular weight excluding hydrogens is 277 g/mol. The minimum absolute atomic E-state index is 0.0817. The zero-order valence-electron chi connectivity index (χ0n) is 8.04. The second-order valence-electron chi connectivity index (χ2n) is 2.84. The average molecular weight is 289 g/mol. The third-order valence-corrected chi connectivity index (χ3v) is 2.45. The minimum atomic E-state index is -0.0817. The first-order chi connectivity index (χ1) is 7.24. The molecule has 0 atom stereocenters. The van der Waals surface area contributed by atoms with Gasteiger partial charge in [0.25, 0.3) is 5.91 Å². The molecule has 0 aliphatic rings. The van der Waals surface area contributed by atoms with Crippen LogP contribution in [0.15, 0.2) is 40.9 Å². The van der Waals surface area contributed by atoms with Gasteiger partial charge in [-0.2, -0.15) is 0 Å². The molecule has 0 aliphatic heterocycles. The maximum absolute atomic E-state index is 11.5. The van der Waals surface area contributed by atoms with Crippen LogP contribution in [0, 0.1) is 0 Å². The van der Waals surface area contributed by atoms with Crippen LogP contribution in [0.4, 0.5) is 0 Å². The van der Waals surface area contributed by atoms with E-state index in [0.29, 0.717) is 18.0 Å². The average Bonchev–Trinajstić information content (AvgIpc) is 2.25. The van der Waals surface area contributed by atoms with Crippen LogP contribution in [0.3, 0.4) is 0 Å². The van der Waals surface area contributed by atoms with Crippen LogP contribution in [0.1, 0.15) is 10.4 Å². The summed E-state index contributed by atoms with van der Waals surface area (Å²) < 4.78 is 0.959. The second kappa shape index (κ2) is 6.64. The number of hydrogen-bond donors (Lipinski definition) is 1. The molecule has 4 heteroatoms. The van der Waals surface area contributed by atoms with Crippen molar-refractivity contribution >= 4 is 33.4 Å². The van der Waals surface area contributed by atoms with E-state index in [0.717, 1.165) is 4.47 Å². The quantitative estimate of drug-likeness (QED) is 0.670. The predicted molar refractivity (Wildman–Crippen MR) is 66.3 cm³/mol.